The van der Waals surface area contributed by atoms with E-state index in [0.29, 0.717) is 13.1 Å². The summed E-state index contributed by atoms with van der Waals surface area (Å²) in [5.74, 6) is 1.16. The molecule has 1 aliphatic heterocycles. The molecule has 0 aromatic rings. The monoisotopic (exact) mass is 267 g/mol. The van der Waals surface area contributed by atoms with Crippen LogP contribution in [-0.4, -0.2) is 65.7 Å². The van der Waals surface area contributed by atoms with Gasteiger partial charge in [-0.05, 0) is 13.0 Å². The number of rotatable bonds is 5. The SMILES string of the molecule is C#CCC(NC(=O)N1CCN(CCC)CC1)C(=O)O. The number of carbonyl (C=O) groups excluding carboxylic acids is 1. The average molecular weight is 267 g/mol. The zero-order valence-corrected chi connectivity index (χ0v) is 11.3. The van der Waals surface area contributed by atoms with Crippen molar-refractivity contribution in [2.24, 2.45) is 0 Å². The molecule has 1 rings (SSSR count). The van der Waals surface area contributed by atoms with Crippen LogP contribution in [0.5, 0.6) is 0 Å². The van der Waals surface area contributed by atoms with E-state index in [0.717, 1.165) is 26.1 Å². The molecule has 2 amide bonds. The Hall–Kier alpha value is -1.74. The molecular formula is C13H21N3O3. The molecule has 0 radical (unpaired) electrons. The molecule has 1 heterocycles. The maximum absolute atomic E-state index is 11.9. The molecule has 6 nitrogen and oxygen atoms in total. The zero-order chi connectivity index (χ0) is 14.3. The molecule has 0 aromatic carbocycles. The molecule has 0 bridgehead atoms. The van der Waals surface area contributed by atoms with Crippen molar-refractivity contribution in [2.45, 2.75) is 25.8 Å². The van der Waals surface area contributed by atoms with E-state index in [1.807, 2.05) is 0 Å². The van der Waals surface area contributed by atoms with Crippen molar-refractivity contribution in [1.82, 2.24) is 15.1 Å². The maximum Gasteiger partial charge on any atom is 0.327 e. The van der Waals surface area contributed by atoms with Crippen LogP contribution in [-0.2, 0) is 4.79 Å². The average Bonchev–Trinajstić information content (AvgIpc) is 2.39. The predicted octanol–water partition coefficient (Wildman–Crippen LogP) is 0.200. The lowest BCUT2D eigenvalue weighted by atomic mass is 10.2. The number of hydrogen-bond donors (Lipinski definition) is 2. The first-order valence-corrected chi connectivity index (χ1v) is 6.52. The van der Waals surface area contributed by atoms with E-state index < -0.39 is 12.0 Å². The van der Waals surface area contributed by atoms with Gasteiger partial charge in [0.25, 0.3) is 0 Å². The molecule has 1 saturated heterocycles. The van der Waals surface area contributed by atoms with Crippen LogP contribution in [0.1, 0.15) is 19.8 Å². The van der Waals surface area contributed by atoms with Crippen molar-refractivity contribution < 1.29 is 14.7 Å². The minimum absolute atomic E-state index is 0.00310. The minimum Gasteiger partial charge on any atom is -0.480 e. The highest BCUT2D eigenvalue weighted by atomic mass is 16.4. The first kappa shape index (κ1) is 15.3. The van der Waals surface area contributed by atoms with Gasteiger partial charge in [0.2, 0.25) is 0 Å². The summed E-state index contributed by atoms with van der Waals surface area (Å²) in [6, 6.07) is -1.36. The quantitative estimate of drug-likeness (QED) is 0.698. The molecule has 0 spiro atoms. The molecule has 2 N–H and O–H groups in total. The topological polar surface area (TPSA) is 72.9 Å². The molecule has 1 unspecified atom stereocenters. The Morgan fingerprint density at radius 2 is 2.00 bits per heavy atom. The number of nitrogens with zero attached hydrogens (tertiary/aromatic N) is 2. The third kappa shape index (κ3) is 4.79. The van der Waals surface area contributed by atoms with Gasteiger partial charge in [0, 0.05) is 32.6 Å². The number of carboxylic acids is 1. The molecule has 0 aromatic heterocycles. The van der Waals surface area contributed by atoms with Crippen LogP contribution in [0.4, 0.5) is 4.79 Å². The van der Waals surface area contributed by atoms with E-state index in [1.165, 1.54) is 0 Å². The minimum atomic E-state index is -1.10. The van der Waals surface area contributed by atoms with Gasteiger partial charge in [0.15, 0.2) is 0 Å². The Kier molecular flexibility index (Phi) is 6.16. The van der Waals surface area contributed by atoms with Crippen molar-refractivity contribution in [2.75, 3.05) is 32.7 Å². The fraction of sp³-hybridized carbons (Fsp3) is 0.692. The van der Waals surface area contributed by atoms with Gasteiger partial charge in [-0.2, -0.15) is 0 Å². The van der Waals surface area contributed by atoms with Crippen molar-refractivity contribution >= 4 is 12.0 Å². The Morgan fingerprint density at radius 1 is 1.37 bits per heavy atom. The summed E-state index contributed by atoms with van der Waals surface area (Å²) in [5, 5.41) is 11.4. The zero-order valence-electron chi connectivity index (χ0n) is 11.3. The second-order valence-corrected chi connectivity index (χ2v) is 4.58. The molecule has 6 heteroatoms. The second-order valence-electron chi connectivity index (χ2n) is 4.58. The lowest BCUT2D eigenvalue weighted by molar-refractivity contribution is -0.139. The molecule has 0 aliphatic carbocycles. The van der Waals surface area contributed by atoms with Gasteiger partial charge in [-0.15, -0.1) is 12.3 Å². The number of carbonyl (C=O) groups is 2. The summed E-state index contributed by atoms with van der Waals surface area (Å²) in [7, 11) is 0. The van der Waals surface area contributed by atoms with Gasteiger partial charge >= 0.3 is 12.0 Å². The fourth-order valence-electron chi connectivity index (χ4n) is 2.05. The van der Waals surface area contributed by atoms with Crippen LogP contribution in [0.2, 0.25) is 0 Å². The highest BCUT2D eigenvalue weighted by molar-refractivity contribution is 5.82. The third-order valence-electron chi connectivity index (χ3n) is 3.12. The lowest BCUT2D eigenvalue weighted by Crippen LogP contribution is -2.54. The normalized spacial score (nSPS) is 17.6. The van der Waals surface area contributed by atoms with Crippen LogP contribution in [0.25, 0.3) is 0 Å². The summed E-state index contributed by atoms with van der Waals surface area (Å²) >= 11 is 0. The van der Waals surface area contributed by atoms with Gasteiger partial charge in [0.05, 0.1) is 0 Å². The Labute approximate surface area is 113 Å². The first-order chi connectivity index (χ1) is 9.08. The van der Waals surface area contributed by atoms with E-state index in [9.17, 15) is 9.59 Å². The van der Waals surface area contributed by atoms with Crippen LogP contribution in [0, 0.1) is 12.3 Å². The number of nitrogens with one attached hydrogen (secondary N) is 1. The largest absolute Gasteiger partial charge is 0.480 e. The van der Waals surface area contributed by atoms with E-state index in [-0.39, 0.29) is 12.5 Å². The van der Waals surface area contributed by atoms with Gasteiger partial charge in [0.1, 0.15) is 6.04 Å². The number of urea groups is 1. The van der Waals surface area contributed by atoms with Crippen LogP contribution < -0.4 is 5.32 Å². The van der Waals surface area contributed by atoms with Gasteiger partial charge < -0.3 is 15.3 Å². The molecule has 1 aliphatic rings. The van der Waals surface area contributed by atoms with Crippen LogP contribution in [0.3, 0.4) is 0 Å². The smallest absolute Gasteiger partial charge is 0.327 e. The van der Waals surface area contributed by atoms with Crippen molar-refractivity contribution in [1.29, 1.82) is 0 Å². The van der Waals surface area contributed by atoms with E-state index >= 15 is 0 Å². The van der Waals surface area contributed by atoms with Crippen LogP contribution >= 0.6 is 0 Å². The third-order valence-corrected chi connectivity index (χ3v) is 3.12. The lowest BCUT2D eigenvalue weighted by Gasteiger charge is -2.34. The fourth-order valence-corrected chi connectivity index (χ4v) is 2.05. The standard InChI is InChI=1S/C13H21N3O3/c1-3-5-11(12(17)18)14-13(19)16-9-7-15(6-4-2)8-10-16/h1,11H,4-10H2,2H3,(H,14,19)(H,17,18). The number of piperazine rings is 1. The number of carboxylic acid groups (broad SMARTS) is 1. The number of aliphatic carboxylic acids is 1. The van der Waals surface area contributed by atoms with Gasteiger partial charge in [-0.1, -0.05) is 6.92 Å². The van der Waals surface area contributed by atoms with E-state index in [2.05, 4.69) is 23.1 Å². The summed E-state index contributed by atoms with van der Waals surface area (Å²) in [6.07, 6.45) is 6.18. The molecule has 106 valence electrons. The highest BCUT2D eigenvalue weighted by Gasteiger charge is 2.25. The first-order valence-electron chi connectivity index (χ1n) is 6.52. The molecular weight excluding hydrogens is 246 g/mol. The van der Waals surface area contributed by atoms with Crippen LogP contribution in [0.15, 0.2) is 0 Å². The molecule has 1 atom stereocenters. The molecule has 19 heavy (non-hydrogen) atoms. The van der Waals surface area contributed by atoms with Crippen molar-refractivity contribution in [3.8, 4) is 12.3 Å². The Balaban J connectivity index is 2.42. The van der Waals surface area contributed by atoms with Crippen molar-refractivity contribution in [3.63, 3.8) is 0 Å². The second kappa shape index (κ2) is 7.64. The summed E-state index contributed by atoms with van der Waals surface area (Å²) in [5.41, 5.74) is 0. The Bertz CT molecular complexity index is 357. The number of amides is 2. The van der Waals surface area contributed by atoms with Gasteiger partial charge in [-0.25, -0.2) is 9.59 Å². The maximum atomic E-state index is 11.9. The summed E-state index contributed by atoms with van der Waals surface area (Å²) in [6.45, 7) is 6.05. The molecule has 0 saturated carbocycles. The van der Waals surface area contributed by atoms with Gasteiger partial charge in [-0.3, -0.25) is 4.90 Å². The molecule has 1 fully saturated rings. The number of terminal acetylenes is 1. The summed E-state index contributed by atoms with van der Waals surface area (Å²) in [4.78, 5) is 26.8. The van der Waals surface area contributed by atoms with Crippen molar-refractivity contribution in [3.05, 3.63) is 0 Å². The van der Waals surface area contributed by atoms with E-state index in [1.54, 1.807) is 4.90 Å². The summed E-state index contributed by atoms with van der Waals surface area (Å²) < 4.78 is 0. The number of hydrogen-bond acceptors (Lipinski definition) is 3. The highest BCUT2D eigenvalue weighted by Crippen LogP contribution is 2.03. The Morgan fingerprint density at radius 3 is 2.47 bits per heavy atom. The van der Waals surface area contributed by atoms with E-state index in [4.69, 9.17) is 11.5 Å². The predicted molar refractivity (Wildman–Crippen MR) is 71.7 cm³/mol.